The van der Waals surface area contributed by atoms with E-state index in [1.165, 1.54) is 18.1 Å². The fraction of sp³-hybridized carbons (Fsp3) is 0.467. The van der Waals surface area contributed by atoms with Crippen LogP contribution in [0, 0.1) is 5.92 Å². The molecule has 1 aromatic carbocycles. The number of rotatable bonds is 4. The number of hydrogen-bond acceptors (Lipinski definition) is 2. The van der Waals surface area contributed by atoms with E-state index in [1.54, 1.807) is 0 Å². The molecule has 19 heavy (non-hydrogen) atoms. The highest BCUT2D eigenvalue weighted by Gasteiger charge is 2.22. The molecule has 1 aromatic rings. The maximum atomic E-state index is 11.8. The lowest BCUT2D eigenvalue weighted by atomic mass is 9.82. The van der Waals surface area contributed by atoms with Crippen LogP contribution < -0.4 is 5.32 Å². The summed E-state index contributed by atoms with van der Waals surface area (Å²) in [5.74, 6) is -0.850. The Bertz CT molecular complexity index is 484. The molecule has 0 spiro atoms. The molecule has 4 heteroatoms. The van der Waals surface area contributed by atoms with E-state index in [9.17, 15) is 9.59 Å². The summed E-state index contributed by atoms with van der Waals surface area (Å²) in [6.45, 7) is 1.48. The molecule has 0 saturated heterocycles. The third-order valence-electron chi connectivity index (χ3n) is 3.67. The van der Waals surface area contributed by atoms with Crippen molar-refractivity contribution in [2.24, 2.45) is 5.92 Å². The summed E-state index contributed by atoms with van der Waals surface area (Å²) in [5, 5.41) is 11.3. The van der Waals surface area contributed by atoms with Crippen molar-refractivity contribution in [3.05, 3.63) is 35.4 Å². The van der Waals surface area contributed by atoms with Gasteiger partial charge < -0.3 is 10.4 Å². The number of amides is 1. The van der Waals surface area contributed by atoms with Crippen LogP contribution in [-0.4, -0.2) is 23.0 Å². The van der Waals surface area contributed by atoms with Crippen LogP contribution in [-0.2, 0) is 22.4 Å². The van der Waals surface area contributed by atoms with Crippen LogP contribution in [0.25, 0.3) is 0 Å². The smallest absolute Gasteiger partial charge is 0.325 e. The highest BCUT2D eigenvalue weighted by molar-refractivity contribution is 5.83. The maximum Gasteiger partial charge on any atom is 0.325 e. The van der Waals surface area contributed by atoms with Crippen molar-refractivity contribution in [3.63, 3.8) is 0 Å². The maximum absolute atomic E-state index is 11.8. The molecule has 0 saturated carbocycles. The van der Waals surface area contributed by atoms with E-state index in [4.69, 9.17) is 5.11 Å². The van der Waals surface area contributed by atoms with E-state index in [0.717, 1.165) is 19.3 Å². The average Bonchev–Trinajstić information content (AvgIpc) is 2.38. The van der Waals surface area contributed by atoms with Crippen LogP contribution in [0.3, 0.4) is 0 Å². The summed E-state index contributed by atoms with van der Waals surface area (Å²) in [5.41, 5.74) is 2.69. The lowest BCUT2D eigenvalue weighted by Crippen LogP contribution is -2.39. The highest BCUT2D eigenvalue weighted by Crippen LogP contribution is 2.27. The molecule has 102 valence electrons. The van der Waals surface area contributed by atoms with Crippen LogP contribution in [0.1, 0.15) is 30.9 Å². The number of carboxylic acid groups (broad SMARTS) is 1. The summed E-state index contributed by atoms with van der Waals surface area (Å²) >= 11 is 0. The zero-order valence-corrected chi connectivity index (χ0v) is 11.1. The Balaban J connectivity index is 1.88. The van der Waals surface area contributed by atoms with Crippen LogP contribution in [0.5, 0.6) is 0 Å². The number of nitrogens with one attached hydrogen (secondary N) is 1. The van der Waals surface area contributed by atoms with E-state index in [0.29, 0.717) is 12.3 Å². The van der Waals surface area contributed by atoms with Gasteiger partial charge in [0.25, 0.3) is 0 Å². The van der Waals surface area contributed by atoms with Crippen molar-refractivity contribution in [2.45, 2.75) is 38.6 Å². The largest absolute Gasteiger partial charge is 0.480 e. The Labute approximate surface area is 112 Å². The monoisotopic (exact) mass is 261 g/mol. The van der Waals surface area contributed by atoms with Crippen molar-refractivity contribution in [3.8, 4) is 0 Å². The minimum Gasteiger partial charge on any atom is -0.480 e. The molecule has 1 aliphatic carbocycles. The predicted molar refractivity (Wildman–Crippen MR) is 71.8 cm³/mol. The number of aryl methyl sites for hydroxylation is 1. The predicted octanol–water partition coefficient (Wildman–Crippen LogP) is 1.77. The first-order chi connectivity index (χ1) is 9.06. The molecule has 0 heterocycles. The second-order valence-electron chi connectivity index (χ2n) is 5.21. The van der Waals surface area contributed by atoms with Gasteiger partial charge in [0.2, 0.25) is 5.91 Å². The molecular weight excluding hydrogens is 242 g/mol. The molecule has 0 radical (unpaired) electrons. The van der Waals surface area contributed by atoms with Crippen LogP contribution >= 0.6 is 0 Å². The first kappa shape index (κ1) is 13.6. The standard InChI is InChI=1S/C15H19NO3/c1-10(15(18)19)16-14(17)9-11-6-7-12-4-2-3-5-13(12)8-11/h2-5,10-11H,6-9H2,1H3,(H,16,17)(H,18,19)/t10-,11?/m1/s1. The van der Waals surface area contributed by atoms with Crippen LogP contribution in [0.4, 0.5) is 0 Å². The van der Waals surface area contributed by atoms with Gasteiger partial charge in [-0.15, -0.1) is 0 Å². The van der Waals surface area contributed by atoms with Gasteiger partial charge in [0.15, 0.2) is 0 Å². The fourth-order valence-electron chi connectivity index (χ4n) is 2.57. The quantitative estimate of drug-likeness (QED) is 0.868. The fourth-order valence-corrected chi connectivity index (χ4v) is 2.57. The number of fused-ring (bicyclic) bond motifs is 1. The van der Waals surface area contributed by atoms with E-state index >= 15 is 0 Å². The van der Waals surface area contributed by atoms with E-state index in [1.807, 2.05) is 12.1 Å². The van der Waals surface area contributed by atoms with Crippen molar-refractivity contribution in [1.29, 1.82) is 0 Å². The molecule has 4 nitrogen and oxygen atoms in total. The lowest BCUT2D eigenvalue weighted by molar-refractivity contribution is -0.141. The summed E-state index contributed by atoms with van der Waals surface area (Å²) < 4.78 is 0. The minimum atomic E-state index is -0.998. The SMILES string of the molecule is C[C@@H](NC(=O)CC1CCc2ccccc2C1)C(=O)O. The molecule has 1 amide bonds. The van der Waals surface area contributed by atoms with E-state index < -0.39 is 12.0 Å². The number of carboxylic acids is 1. The Hall–Kier alpha value is -1.84. The van der Waals surface area contributed by atoms with Gasteiger partial charge in [-0.05, 0) is 43.2 Å². The zero-order chi connectivity index (χ0) is 13.8. The Morgan fingerprint density at radius 3 is 2.74 bits per heavy atom. The van der Waals surface area contributed by atoms with Crippen molar-refractivity contribution < 1.29 is 14.7 Å². The third-order valence-corrected chi connectivity index (χ3v) is 3.67. The van der Waals surface area contributed by atoms with Gasteiger partial charge in [-0.25, -0.2) is 0 Å². The van der Waals surface area contributed by atoms with E-state index in [2.05, 4.69) is 17.4 Å². The number of aliphatic carboxylic acids is 1. The zero-order valence-electron chi connectivity index (χ0n) is 11.1. The highest BCUT2D eigenvalue weighted by atomic mass is 16.4. The van der Waals surface area contributed by atoms with E-state index in [-0.39, 0.29) is 5.91 Å². The molecule has 1 aliphatic rings. The molecule has 0 aliphatic heterocycles. The van der Waals surface area contributed by atoms with Gasteiger partial charge >= 0.3 is 5.97 Å². The van der Waals surface area contributed by atoms with Gasteiger partial charge in [0.1, 0.15) is 6.04 Å². The molecule has 0 bridgehead atoms. The number of carbonyl (C=O) groups is 2. The number of hydrogen-bond donors (Lipinski definition) is 2. The minimum absolute atomic E-state index is 0.167. The second kappa shape index (κ2) is 5.87. The summed E-state index contributed by atoms with van der Waals surface area (Å²) in [4.78, 5) is 22.4. The van der Waals surface area contributed by atoms with Crippen molar-refractivity contribution in [1.82, 2.24) is 5.32 Å². The van der Waals surface area contributed by atoms with Gasteiger partial charge in [-0.1, -0.05) is 24.3 Å². The normalized spacial score (nSPS) is 19.3. The summed E-state index contributed by atoms with van der Waals surface area (Å²) in [7, 11) is 0. The molecule has 2 atom stereocenters. The van der Waals surface area contributed by atoms with Crippen molar-refractivity contribution in [2.75, 3.05) is 0 Å². The first-order valence-electron chi connectivity index (χ1n) is 6.65. The molecule has 0 aromatic heterocycles. The third kappa shape index (κ3) is 3.56. The Morgan fingerprint density at radius 1 is 1.37 bits per heavy atom. The Kier molecular flexibility index (Phi) is 4.20. The number of benzene rings is 1. The van der Waals surface area contributed by atoms with Crippen molar-refractivity contribution >= 4 is 11.9 Å². The Morgan fingerprint density at radius 2 is 2.05 bits per heavy atom. The lowest BCUT2D eigenvalue weighted by Gasteiger charge is -2.24. The molecule has 2 rings (SSSR count). The van der Waals surface area contributed by atoms with Crippen LogP contribution in [0.2, 0.25) is 0 Å². The molecular formula is C15H19NO3. The summed E-state index contributed by atoms with van der Waals surface area (Å²) in [6, 6.07) is 7.49. The first-order valence-corrected chi connectivity index (χ1v) is 6.65. The van der Waals surface area contributed by atoms with Gasteiger partial charge in [0, 0.05) is 6.42 Å². The molecule has 2 N–H and O–H groups in total. The second-order valence-corrected chi connectivity index (χ2v) is 5.21. The van der Waals surface area contributed by atoms with Crippen LogP contribution in [0.15, 0.2) is 24.3 Å². The molecule has 0 fully saturated rings. The van der Waals surface area contributed by atoms with Gasteiger partial charge in [0.05, 0.1) is 0 Å². The van der Waals surface area contributed by atoms with Gasteiger partial charge in [-0.2, -0.15) is 0 Å². The average molecular weight is 261 g/mol. The topological polar surface area (TPSA) is 66.4 Å². The molecule has 1 unspecified atom stereocenters. The summed E-state index contributed by atoms with van der Waals surface area (Å²) in [6.07, 6.45) is 3.31. The van der Waals surface area contributed by atoms with Gasteiger partial charge in [-0.3, -0.25) is 9.59 Å². The number of carbonyl (C=O) groups excluding carboxylic acids is 1.